The van der Waals surface area contributed by atoms with Gasteiger partial charge in [-0.1, -0.05) is 6.07 Å². The van der Waals surface area contributed by atoms with Crippen LogP contribution in [0, 0.1) is 17.6 Å². The van der Waals surface area contributed by atoms with Gasteiger partial charge in [-0.15, -0.1) is 0 Å². The van der Waals surface area contributed by atoms with E-state index in [-0.39, 0.29) is 5.82 Å². The van der Waals surface area contributed by atoms with E-state index in [2.05, 4.69) is 27.9 Å². The number of nitrogens with one attached hydrogen (secondary N) is 3. The second kappa shape index (κ2) is 12.6. The molecule has 2 heterocycles. The number of ether oxygens (including phenoxy) is 2. The number of methoxy groups -OCH3 is 1. The number of nitrogens with zero attached hydrogens (tertiary/aromatic N) is 1. The van der Waals surface area contributed by atoms with Gasteiger partial charge in [0.05, 0.1) is 18.5 Å². The van der Waals surface area contributed by atoms with E-state index in [0.717, 1.165) is 51.7 Å². The Morgan fingerprint density at radius 3 is 2.51 bits per heavy atom. The summed E-state index contributed by atoms with van der Waals surface area (Å²) in [5.74, 6) is 0.344. The van der Waals surface area contributed by atoms with Crippen molar-refractivity contribution >= 4 is 11.5 Å². The van der Waals surface area contributed by atoms with Crippen LogP contribution in [0.4, 0.5) is 20.3 Å². The van der Waals surface area contributed by atoms with E-state index < -0.39 is 5.82 Å². The Bertz CT molecular complexity index is 947. The molecule has 4 rings (SSSR count). The smallest absolute Gasteiger partial charge is 0.149 e. The van der Waals surface area contributed by atoms with E-state index in [0.29, 0.717) is 59.8 Å². The highest BCUT2D eigenvalue weighted by Crippen LogP contribution is 2.30. The number of hydrogen-bond acceptors (Lipinski definition) is 6. The molecular formula is C27H38F2N4O2. The van der Waals surface area contributed by atoms with Crippen LogP contribution in [0.5, 0.6) is 0 Å². The summed E-state index contributed by atoms with van der Waals surface area (Å²) in [6.07, 6.45) is 7.35. The fourth-order valence-electron chi connectivity index (χ4n) is 5.09. The molecule has 0 amide bonds. The Balaban J connectivity index is 1.37. The molecule has 0 radical (unpaired) electrons. The fraction of sp³-hybridized carbons (Fsp3) is 0.593. The van der Waals surface area contributed by atoms with Crippen LogP contribution in [0.25, 0.3) is 11.1 Å². The minimum absolute atomic E-state index is 0.293. The van der Waals surface area contributed by atoms with Crippen molar-refractivity contribution in [2.75, 3.05) is 44.1 Å². The number of anilines is 2. The summed E-state index contributed by atoms with van der Waals surface area (Å²) in [5.41, 5.74) is 1.44. The predicted molar refractivity (Wildman–Crippen MR) is 136 cm³/mol. The van der Waals surface area contributed by atoms with Gasteiger partial charge in [-0.25, -0.2) is 13.8 Å². The molecule has 0 spiro atoms. The molecule has 1 saturated heterocycles. The first kappa shape index (κ1) is 25.8. The highest BCUT2D eigenvalue weighted by atomic mass is 19.1. The van der Waals surface area contributed by atoms with Gasteiger partial charge in [0.2, 0.25) is 0 Å². The molecule has 0 unspecified atom stereocenters. The molecule has 1 atom stereocenters. The first-order valence-electron chi connectivity index (χ1n) is 12.8. The third-order valence-electron chi connectivity index (χ3n) is 7.07. The second-order valence-electron chi connectivity index (χ2n) is 9.90. The average Bonchev–Trinajstić information content (AvgIpc) is 2.87. The minimum atomic E-state index is -0.419. The lowest BCUT2D eigenvalue weighted by Gasteiger charge is -2.31. The summed E-state index contributed by atoms with van der Waals surface area (Å²) in [6, 6.07) is 7.55. The SMILES string of the molecule is COC[C@@H](C)NC1CCC(Nc2cc(-c3ccc(F)c(NCC4CCOCC4)c3)c(F)cn2)CC1. The Hall–Kier alpha value is -2.29. The summed E-state index contributed by atoms with van der Waals surface area (Å²) in [7, 11) is 1.72. The third-order valence-corrected chi connectivity index (χ3v) is 7.07. The van der Waals surface area contributed by atoms with E-state index in [9.17, 15) is 8.78 Å². The topological polar surface area (TPSA) is 67.4 Å². The maximum atomic E-state index is 14.7. The van der Waals surface area contributed by atoms with E-state index in [1.165, 1.54) is 12.3 Å². The van der Waals surface area contributed by atoms with Crippen LogP contribution in [-0.4, -0.2) is 56.6 Å². The summed E-state index contributed by atoms with van der Waals surface area (Å²) >= 11 is 0. The quantitative estimate of drug-likeness (QED) is 0.427. The van der Waals surface area contributed by atoms with Gasteiger partial charge < -0.3 is 25.4 Å². The number of hydrogen-bond donors (Lipinski definition) is 3. The highest BCUT2D eigenvalue weighted by molar-refractivity contribution is 5.71. The van der Waals surface area contributed by atoms with Crippen molar-refractivity contribution in [1.29, 1.82) is 0 Å². The molecule has 1 aliphatic heterocycles. The Morgan fingerprint density at radius 2 is 1.77 bits per heavy atom. The lowest BCUT2D eigenvalue weighted by atomic mass is 9.90. The van der Waals surface area contributed by atoms with Gasteiger partial charge in [0.15, 0.2) is 0 Å². The van der Waals surface area contributed by atoms with Crippen molar-refractivity contribution in [3.63, 3.8) is 0 Å². The van der Waals surface area contributed by atoms with Gasteiger partial charge in [-0.2, -0.15) is 0 Å². The Kier molecular flexibility index (Phi) is 9.29. The summed E-state index contributed by atoms with van der Waals surface area (Å²) < 4.78 is 39.8. The van der Waals surface area contributed by atoms with E-state index in [4.69, 9.17) is 9.47 Å². The Labute approximate surface area is 207 Å². The molecule has 6 nitrogen and oxygen atoms in total. The van der Waals surface area contributed by atoms with Crippen molar-refractivity contribution < 1.29 is 18.3 Å². The van der Waals surface area contributed by atoms with Crippen molar-refractivity contribution in [3.8, 4) is 11.1 Å². The molecule has 3 N–H and O–H groups in total. The largest absolute Gasteiger partial charge is 0.383 e. The third kappa shape index (κ3) is 7.35. The molecule has 35 heavy (non-hydrogen) atoms. The summed E-state index contributed by atoms with van der Waals surface area (Å²) in [5, 5.41) is 10.3. The normalized spacial score (nSPS) is 22.1. The van der Waals surface area contributed by atoms with Crippen LogP contribution in [0.3, 0.4) is 0 Å². The maximum Gasteiger partial charge on any atom is 0.149 e. The molecule has 8 heteroatoms. The first-order valence-corrected chi connectivity index (χ1v) is 12.8. The molecule has 1 aromatic heterocycles. The fourth-order valence-corrected chi connectivity index (χ4v) is 5.09. The molecule has 2 fully saturated rings. The lowest BCUT2D eigenvalue weighted by Crippen LogP contribution is -2.42. The zero-order valence-corrected chi connectivity index (χ0v) is 20.8. The van der Waals surface area contributed by atoms with Crippen LogP contribution in [0.2, 0.25) is 0 Å². The number of aromatic nitrogens is 1. The number of rotatable bonds is 10. The number of pyridine rings is 1. The molecule has 192 valence electrons. The van der Waals surface area contributed by atoms with Crippen LogP contribution >= 0.6 is 0 Å². The van der Waals surface area contributed by atoms with Crippen molar-refractivity contribution in [2.24, 2.45) is 5.92 Å². The van der Waals surface area contributed by atoms with Gasteiger partial charge in [0.1, 0.15) is 17.5 Å². The number of halogens is 2. The summed E-state index contributed by atoms with van der Waals surface area (Å²) in [4.78, 5) is 4.27. The standard InChI is InChI=1S/C27H38F2N4O2/c1-18(17-34-2)32-21-4-6-22(7-5-21)33-27-14-23(25(29)16-31-27)20-3-8-24(28)26(13-20)30-15-19-9-11-35-12-10-19/h3,8,13-14,16,18-19,21-22,30,32H,4-7,9-12,15,17H2,1-2H3,(H,31,33)/t18-,21?,22?/m1/s1. The molecule has 0 bridgehead atoms. The van der Waals surface area contributed by atoms with Gasteiger partial charge in [0.25, 0.3) is 0 Å². The lowest BCUT2D eigenvalue weighted by molar-refractivity contribution is 0.0699. The van der Waals surface area contributed by atoms with Crippen molar-refractivity contribution in [1.82, 2.24) is 10.3 Å². The average molecular weight is 489 g/mol. The molecule has 2 aromatic rings. The monoisotopic (exact) mass is 488 g/mol. The second-order valence-corrected chi connectivity index (χ2v) is 9.90. The molecule has 1 aromatic carbocycles. The van der Waals surface area contributed by atoms with Crippen molar-refractivity contribution in [3.05, 3.63) is 42.1 Å². The maximum absolute atomic E-state index is 14.7. The summed E-state index contributed by atoms with van der Waals surface area (Å²) in [6.45, 7) is 5.02. The van der Waals surface area contributed by atoms with E-state index in [1.807, 2.05) is 0 Å². The zero-order chi connectivity index (χ0) is 24.6. The predicted octanol–water partition coefficient (Wildman–Crippen LogP) is 5.21. The highest BCUT2D eigenvalue weighted by Gasteiger charge is 2.23. The number of benzene rings is 1. The van der Waals surface area contributed by atoms with Gasteiger partial charge in [-0.3, -0.25) is 0 Å². The van der Waals surface area contributed by atoms with E-state index >= 15 is 0 Å². The van der Waals surface area contributed by atoms with Gasteiger partial charge >= 0.3 is 0 Å². The van der Waals surface area contributed by atoms with Crippen LogP contribution in [-0.2, 0) is 9.47 Å². The van der Waals surface area contributed by atoms with Crippen molar-refractivity contribution in [2.45, 2.75) is 63.6 Å². The van der Waals surface area contributed by atoms with E-state index in [1.54, 1.807) is 25.3 Å². The van der Waals surface area contributed by atoms with Crippen LogP contribution in [0.1, 0.15) is 45.4 Å². The molecular weight excluding hydrogens is 450 g/mol. The minimum Gasteiger partial charge on any atom is -0.383 e. The molecule has 2 aliphatic rings. The van der Waals surface area contributed by atoms with Crippen LogP contribution in [0.15, 0.2) is 30.5 Å². The Morgan fingerprint density at radius 1 is 1.03 bits per heavy atom. The first-order chi connectivity index (χ1) is 17.0. The molecule has 1 aliphatic carbocycles. The van der Waals surface area contributed by atoms with Gasteiger partial charge in [0, 0.05) is 50.6 Å². The van der Waals surface area contributed by atoms with Gasteiger partial charge in [-0.05, 0) is 75.1 Å². The zero-order valence-electron chi connectivity index (χ0n) is 20.8. The molecule has 1 saturated carbocycles. The van der Waals surface area contributed by atoms with Crippen LogP contribution < -0.4 is 16.0 Å².